The van der Waals surface area contributed by atoms with Gasteiger partial charge in [0.05, 0.1) is 0 Å². The Labute approximate surface area is 208 Å². The zero-order chi connectivity index (χ0) is 21.4. The summed E-state index contributed by atoms with van der Waals surface area (Å²) in [6, 6.07) is 6.29. The van der Waals surface area contributed by atoms with Crippen molar-refractivity contribution in [2.24, 2.45) is 0 Å². The first kappa shape index (κ1) is 30.8. The van der Waals surface area contributed by atoms with Gasteiger partial charge >= 0.3 is 19.5 Å². The number of aryl methyl sites for hydroxylation is 2. The van der Waals surface area contributed by atoms with E-state index in [0.29, 0.717) is 0 Å². The number of hydrogen-bond donors (Lipinski definition) is 0. The summed E-state index contributed by atoms with van der Waals surface area (Å²) in [4.78, 5) is 24.7. The maximum atomic E-state index is 11.9. The molecule has 0 saturated heterocycles. The monoisotopic (exact) mass is 520 g/mol. The van der Waals surface area contributed by atoms with Gasteiger partial charge in [-0.1, -0.05) is 109 Å². The summed E-state index contributed by atoms with van der Waals surface area (Å²) >= 11 is 5.66. The molecule has 2 nitrogen and oxygen atoms in total. The second-order valence-corrected chi connectivity index (χ2v) is 13.8. The zero-order valence-electron chi connectivity index (χ0n) is 19.3. The van der Waals surface area contributed by atoms with Crippen LogP contribution in [0.25, 0.3) is 0 Å². The van der Waals surface area contributed by atoms with Crippen molar-refractivity contribution in [1.82, 2.24) is 0 Å². The topological polar surface area (TPSA) is 46.1 Å². The van der Waals surface area contributed by atoms with Crippen molar-refractivity contribution in [3.8, 4) is 0 Å². The summed E-state index contributed by atoms with van der Waals surface area (Å²) in [7, 11) is 0. The van der Waals surface area contributed by atoms with Crippen LogP contribution in [0.4, 0.5) is 0 Å². The molecule has 0 aliphatic heterocycles. The summed E-state index contributed by atoms with van der Waals surface area (Å²) in [5.74, 6) is 0. The number of benzene rings is 1. The van der Waals surface area contributed by atoms with Crippen LogP contribution in [-0.4, -0.2) is 0 Å². The van der Waals surface area contributed by atoms with E-state index in [4.69, 9.17) is 11.8 Å². The molecular formula is C24H41O2PS2Zn. The summed E-state index contributed by atoms with van der Waals surface area (Å²) in [6.07, 6.45) is 19.7. The van der Waals surface area contributed by atoms with Gasteiger partial charge < -0.3 is 9.79 Å². The molecule has 0 amide bonds. The third-order valence-electron chi connectivity index (χ3n) is 5.48. The Morgan fingerprint density at radius 3 is 1.43 bits per heavy atom. The van der Waals surface area contributed by atoms with Crippen LogP contribution in [-0.2, 0) is 44.1 Å². The van der Waals surface area contributed by atoms with E-state index in [9.17, 15) is 9.79 Å². The minimum absolute atomic E-state index is 0. The molecule has 0 aliphatic rings. The number of unbranched alkanes of at least 4 members (excludes halogenated alkanes) is 12. The number of hydrogen-bond acceptors (Lipinski definition) is 4. The van der Waals surface area contributed by atoms with Gasteiger partial charge in [0, 0.05) is 4.90 Å². The van der Waals surface area contributed by atoms with Crippen molar-refractivity contribution in [3.63, 3.8) is 0 Å². The summed E-state index contributed by atoms with van der Waals surface area (Å²) in [6.45, 7) is 4.49. The minimum Gasteiger partial charge on any atom is -0.824 e. The summed E-state index contributed by atoms with van der Waals surface area (Å²) in [5.41, 5.74) is -1.46. The van der Waals surface area contributed by atoms with Crippen LogP contribution >= 0.6 is 17.1 Å². The average molecular weight is 522 g/mol. The van der Waals surface area contributed by atoms with E-state index in [1.165, 1.54) is 88.2 Å². The van der Waals surface area contributed by atoms with E-state index < -0.39 is 5.69 Å². The predicted octanol–water partition coefficient (Wildman–Crippen LogP) is 7.31. The average Bonchev–Trinajstić information content (AvgIpc) is 2.67. The third kappa shape index (κ3) is 15.5. The van der Waals surface area contributed by atoms with E-state index >= 15 is 0 Å². The van der Waals surface area contributed by atoms with Gasteiger partial charge in [0.25, 0.3) is 0 Å². The fourth-order valence-corrected chi connectivity index (χ4v) is 6.65. The molecule has 0 aromatic heterocycles. The van der Waals surface area contributed by atoms with Crippen LogP contribution in [0.2, 0.25) is 0 Å². The maximum absolute atomic E-state index is 11.9. The van der Waals surface area contributed by atoms with Gasteiger partial charge in [0.15, 0.2) is 0 Å². The normalized spacial score (nSPS) is 11.5. The largest absolute Gasteiger partial charge is 2.00 e. The van der Waals surface area contributed by atoms with Gasteiger partial charge in [-0.15, -0.1) is 23.2 Å². The third-order valence-corrected chi connectivity index (χ3v) is 8.30. The molecule has 1 aromatic carbocycles. The van der Waals surface area contributed by atoms with Crippen molar-refractivity contribution < 1.29 is 29.3 Å². The Kier molecular flexibility index (Phi) is 19.7. The molecule has 1 rings (SSSR count). The van der Waals surface area contributed by atoms with Crippen molar-refractivity contribution in [2.45, 2.75) is 121 Å². The van der Waals surface area contributed by atoms with Crippen molar-refractivity contribution in [1.29, 1.82) is 0 Å². The molecule has 30 heavy (non-hydrogen) atoms. The van der Waals surface area contributed by atoms with Gasteiger partial charge in [0.2, 0.25) is 0 Å². The fraction of sp³-hybridized carbons (Fsp3) is 0.750. The first-order chi connectivity index (χ1) is 14.0. The van der Waals surface area contributed by atoms with Gasteiger partial charge in [-0.3, -0.25) is 0 Å². The molecule has 0 atom stereocenters. The van der Waals surface area contributed by atoms with E-state index in [1.807, 2.05) is 0 Å². The standard InChI is InChI=1S/C24H43O2PS2.Zn/c1-3-5-7-9-11-13-15-18-22-20-17-21-23(24(22)29-27(25,26)28)19-16-14-12-10-8-6-4-2;/h17,20-21H,3-16,18-19H2,1-2H3,(H2,25,26,28);/q;+2/p-2. The fourth-order valence-electron chi connectivity index (χ4n) is 3.81. The predicted molar refractivity (Wildman–Crippen MR) is 130 cm³/mol. The molecule has 0 spiro atoms. The van der Waals surface area contributed by atoms with E-state index in [1.54, 1.807) is 0 Å². The van der Waals surface area contributed by atoms with E-state index in [2.05, 4.69) is 32.0 Å². The van der Waals surface area contributed by atoms with Gasteiger partial charge in [-0.2, -0.15) is 5.69 Å². The number of rotatable bonds is 18. The first-order valence-electron chi connectivity index (χ1n) is 11.8. The quantitative estimate of drug-likeness (QED) is 0.115. The van der Waals surface area contributed by atoms with Crippen LogP contribution in [0.15, 0.2) is 23.1 Å². The molecule has 6 heteroatoms. The second kappa shape index (κ2) is 19.3. The molecule has 1 aromatic rings. The molecule has 0 heterocycles. The SMILES string of the molecule is CCCCCCCCCc1cccc(CCCCCCCCC)c1SP([O-])([O-])=S.[Zn+2]. The molecule has 0 unspecified atom stereocenters. The Bertz CT molecular complexity index is 556. The van der Waals surface area contributed by atoms with Crippen LogP contribution < -0.4 is 9.79 Å². The molecule has 168 valence electrons. The van der Waals surface area contributed by atoms with Gasteiger partial charge in [-0.25, -0.2) is 0 Å². The maximum Gasteiger partial charge on any atom is 2.00 e. The molecular weight excluding hydrogens is 481 g/mol. The molecule has 0 aliphatic carbocycles. The van der Waals surface area contributed by atoms with Gasteiger partial charge in [-0.05, 0) is 36.8 Å². The molecule has 0 bridgehead atoms. The Hall–Kier alpha value is 0.763. The Morgan fingerprint density at radius 1 is 0.700 bits per heavy atom. The van der Waals surface area contributed by atoms with Crippen LogP contribution in [0.3, 0.4) is 0 Å². The van der Waals surface area contributed by atoms with Crippen molar-refractivity contribution in [3.05, 3.63) is 29.3 Å². The molecule has 0 radical (unpaired) electrons. The summed E-state index contributed by atoms with van der Waals surface area (Å²) in [5, 5.41) is 0. The second-order valence-electron chi connectivity index (χ2n) is 8.19. The smallest absolute Gasteiger partial charge is 0.824 e. The molecule has 0 saturated carbocycles. The van der Waals surface area contributed by atoms with Crippen molar-refractivity contribution >= 4 is 28.9 Å². The van der Waals surface area contributed by atoms with Gasteiger partial charge in [0.1, 0.15) is 0 Å². The van der Waals surface area contributed by atoms with Crippen molar-refractivity contribution in [2.75, 3.05) is 0 Å². The van der Waals surface area contributed by atoms with E-state index in [-0.39, 0.29) is 19.5 Å². The minimum atomic E-state index is -3.81. The first-order valence-corrected chi connectivity index (χ1v) is 15.9. The summed E-state index contributed by atoms with van der Waals surface area (Å²) < 4.78 is 0. The molecule has 0 N–H and O–H groups in total. The molecule has 0 fully saturated rings. The Balaban J connectivity index is 0.00000841. The van der Waals surface area contributed by atoms with Crippen LogP contribution in [0.5, 0.6) is 0 Å². The van der Waals surface area contributed by atoms with E-state index in [0.717, 1.165) is 42.0 Å². The van der Waals surface area contributed by atoms with Crippen LogP contribution in [0.1, 0.15) is 115 Å². The van der Waals surface area contributed by atoms with Crippen LogP contribution in [0, 0.1) is 0 Å². The zero-order valence-corrected chi connectivity index (χ0v) is 24.8. The Morgan fingerprint density at radius 2 is 1.07 bits per heavy atom.